The summed E-state index contributed by atoms with van der Waals surface area (Å²) < 4.78 is 38.3. The van der Waals surface area contributed by atoms with Gasteiger partial charge in [-0.05, 0) is 18.2 Å². The molecule has 0 spiro atoms. The molecule has 0 bridgehead atoms. The van der Waals surface area contributed by atoms with E-state index in [1.165, 1.54) is 18.0 Å². The molecule has 1 aromatic rings. The largest absolute Gasteiger partial charge is 0.478 e. The second kappa shape index (κ2) is 5.61. The molecule has 19 heavy (non-hydrogen) atoms. The molecule has 1 aromatic carbocycles. The Morgan fingerprint density at radius 3 is 2.58 bits per heavy atom. The minimum absolute atomic E-state index is 0.165. The van der Waals surface area contributed by atoms with Gasteiger partial charge in [-0.2, -0.15) is 18.4 Å². The van der Waals surface area contributed by atoms with Gasteiger partial charge in [-0.3, -0.25) is 0 Å². The molecule has 0 fully saturated rings. The average Bonchev–Trinajstić information content (AvgIpc) is 2.34. The van der Waals surface area contributed by atoms with E-state index in [0.29, 0.717) is 0 Å². The van der Waals surface area contributed by atoms with Crippen LogP contribution in [0.1, 0.15) is 22.3 Å². The van der Waals surface area contributed by atoms with Gasteiger partial charge in [-0.15, -0.1) is 0 Å². The summed E-state index contributed by atoms with van der Waals surface area (Å²) >= 11 is 0. The first-order valence-electron chi connectivity index (χ1n) is 5.30. The van der Waals surface area contributed by atoms with Gasteiger partial charge in [0.1, 0.15) is 0 Å². The number of halogens is 3. The van der Waals surface area contributed by atoms with Crippen molar-refractivity contribution in [3.63, 3.8) is 0 Å². The molecule has 102 valence electrons. The van der Waals surface area contributed by atoms with Crippen LogP contribution >= 0.6 is 0 Å². The molecule has 1 rings (SSSR count). The van der Waals surface area contributed by atoms with E-state index in [4.69, 9.17) is 10.4 Å². The van der Waals surface area contributed by atoms with E-state index in [2.05, 4.69) is 0 Å². The molecule has 0 aliphatic heterocycles. The van der Waals surface area contributed by atoms with E-state index in [-0.39, 0.29) is 18.7 Å². The number of hydrogen-bond donors (Lipinski definition) is 1. The summed E-state index contributed by atoms with van der Waals surface area (Å²) in [7, 11) is 1.53. The Bertz CT molecular complexity index is 521. The first-order valence-corrected chi connectivity index (χ1v) is 5.30. The van der Waals surface area contributed by atoms with Crippen molar-refractivity contribution in [2.24, 2.45) is 0 Å². The fraction of sp³-hybridized carbons (Fsp3) is 0.333. The molecule has 1 N–H and O–H groups in total. The smallest absolute Gasteiger partial charge is 0.417 e. The predicted molar refractivity (Wildman–Crippen MR) is 61.9 cm³/mol. The summed E-state index contributed by atoms with van der Waals surface area (Å²) in [5.74, 6) is -1.63. The van der Waals surface area contributed by atoms with Crippen molar-refractivity contribution >= 4 is 11.7 Å². The van der Waals surface area contributed by atoms with Gasteiger partial charge in [-0.1, -0.05) is 0 Å². The summed E-state index contributed by atoms with van der Waals surface area (Å²) in [5, 5.41) is 17.2. The number of benzene rings is 1. The van der Waals surface area contributed by atoms with E-state index in [1.807, 2.05) is 6.07 Å². The second-order valence-electron chi connectivity index (χ2n) is 3.86. The van der Waals surface area contributed by atoms with Gasteiger partial charge in [0.15, 0.2) is 0 Å². The fourth-order valence-corrected chi connectivity index (χ4v) is 1.54. The molecule has 0 saturated carbocycles. The summed E-state index contributed by atoms with van der Waals surface area (Å²) in [4.78, 5) is 12.2. The van der Waals surface area contributed by atoms with Crippen LogP contribution in [-0.4, -0.2) is 24.7 Å². The molecule has 0 amide bonds. The van der Waals surface area contributed by atoms with Crippen molar-refractivity contribution in [3.05, 3.63) is 29.3 Å². The lowest BCUT2D eigenvalue weighted by Crippen LogP contribution is -2.20. The van der Waals surface area contributed by atoms with E-state index < -0.39 is 23.3 Å². The summed E-state index contributed by atoms with van der Waals surface area (Å²) in [5.41, 5.74) is -1.76. The van der Waals surface area contributed by atoms with Gasteiger partial charge in [-0.25, -0.2) is 4.79 Å². The van der Waals surface area contributed by atoms with Crippen molar-refractivity contribution in [1.29, 1.82) is 5.26 Å². The molecule has 0 saturated heterocycles. The van der Waals surface area contributed by atoms with Crippen molar-refractivity contribution in [2.75, 3.05) is 18.5 Å². The average molecular weight is 272 g/mol. The monoisotopic (exact) mass is 272 g/mol. The molecule has 4 nitrogen and oxygen atoms in total. The highest BCUT2D eigenvalue weighted by Crippen LogP contribution is 2.34. The van der Waals surface area contributed by atoms with E-state index >= 15 is 0 Å². The fourth-order valence-electron chi connectivity index (χ4n) is 1.54. The van der Waals surface area contributed by atoms with Crippen LogP contribution < -0.4 is 4.90 Å². The van der Waals surface area contributed by atoms with Crippen LogP contribution in [0.4, 0.5) is 18.9 Å². The number of alkyl halides is 3. The number of nitriles is 1. The van der Waals surface area contributed by atoms with Crippen LogP contribution in [0.5, 0.6) is 0 Å². The van der Waals surface area contributed by atoms with Crippen molar-refractivity contribution in [3.8, 4) is 6.07 Å². The van der Waals surface area contributed by atoms with Gasteiger partial charge in [0, 0.05) is 19.3 Å². The normalized spacial score (nSPS) is 10.9. The maximum absolute atomic E-state index is 12.8. The first kappa shape index (κ1) is 14.8. The zero-order valence-corrected chi connectivity index (χ0v) is 10.0. The molecule has 0 radical (unpaired) electrons. The molecule has 0 aromatic heterocycles. The Morgan fingerprint density at radius 2 is 2.11 bits per heavy atom. The highest BCUT2D eigenvalue weighted by molar-refractivity contribution is 5.90. The Hall–Kier alpha value is -2.23. The number of carboxylic acid groups (broad SMARTS) is 1. The lowest BCUT2D eigenvalue weighted by atomic mass is 10.1. The maximum Gasteiger partial charge on any atom is 0.417 e. The minimum atomic E-state index is -4.74. The summed E-state index contributed by atoms with van der Waals surface area (Å²) in [6.07, 6.45) is -4.57. The van der Waals surface area contributed by atoms with Crippen LogP contribution in [0.2, 0.25) is 0 Å². The topological polar surface area (TPSA) is 64.3 Å². The third-order valence-electron chi connectivity index (χ3n) is 2.54. The summed E-state index contributed by atoms with van der Waals surface area (Å²) in [6.45, 7) is 0.264. The molecule has 0 atom stereocenters. The van der Waals surface area contributed by atoms with Crippen molar-refractivity contribution in [1.82, 2.24) is 0 Å². The van der Waals surface area contributed by atoms with E-state index in [1.54, 1.807) is 0 Å². The number of anilines is 1. The number of carbonyl (C=O) groups is 1. The molecule has 7 heteroatoms. The molecule has 0 heterocycles. The lowest BCUT2D eigenvalue weighted by molar-refractivity contribution is -0.138. The summed E-state index contributed by atoms with van der Waals surface area (Å²) in [6, 6.07) is 4.87. The standard InChI is InChI=1S/C12H11F3N2O2/c1-17(6-2-5-16)8-3-4-9(11(18)19)10(7-8)12(13,14)15/h3-4,7H,2,6H2,1H3,(H,18,19). The lowest BCUT2D eigenvalue weighted by Gasteiger charge is -2.20. The van der Waals surface area contributed by atoms with Crippen molar-refractivity contribution in [2.45, 2.75) is 12.6 Å². The Morgan fingerprint density at radius 1 is 1.47 bits per heavy atom. The maximum atomic E-state index is 12.8. The number of carboxylic acids is 1. The van der Waals surface area contributed by atoms with Crippen LogP contribution in [-0.2, 0) is 6.18 Å². The zero-order chi connectivity index (χ0) is 14.6. The van der Waals surface area contributed by atoms with Gasteiger partial charge >= 0.3 is 12.1 Å². The number of rotatable bonds is 4. The van der Waals surface area contributed by atoms with Gasteiger partial charge < -0.3 is 10.0 Å². The Balaban J connectivity index is 3.19. The van der Waals surface area contributed by atoms with Gasteiger partial charge in [0.05, 0.1) is 23.6 Å². The third kappa shape index (κ3) is 3.61. The van der Waals surface area contributed by atoms with Crippen LogP contribution in [0.15, 0.2) is 18.2 Å². The third-order valence-corrected chi connectivity index (χ3v) is 2.54. The van der Waals surface area contributed by atoms with Gasteiger partial charge in [0.25, 0.3) is 0 Å². The molecular weight excluding hydrogens is 261 g/mol. The highest BCUT2D eigenvalue weighted by Gasteiger charge is 2.35. The van der Waals surface area contributed by atoms with Crippen LogP contribution in [0.25, 0.3) is 0 Å². The Kier molecular flexibility index (Phi) is 4.38. The molecule has 0 unspecified atom stereocenters. The zero-order valence-electron chi connectivity index (χ0n) is 10.0. The van der Waals surface area contributed by atoms with Gasteiger partial charge in [0.2, 0.25) is 0 Å². The number of aromatic carboxylic acids is 1. The Labute approximate surface area is 107 Å². The SMILES string of the molecule is CN(CCC#N)c1ccc(C(=O)O)c(C(F)(F)F)c1. The second-order valence-corrected chi connectivity index (χ2v) is 3.86. The van der Waals surface area contributed by atoms with E-state index in [9.17, 15) is 18.0 Å². The van der Waals surface area contributed by atoms with Crippen LogP contribution in [0, 0.1) is 11.3 Å². The first-order chi connectivity index (χ1) is 8.77. The minimum Gasteiger partial charge on any atom is -0.478 e. The number of nitrogens with zero attached hydrogens (tertiary/aromatic N) is 2. The van der Waals surface area contributed by atoms with E-state index in [0.717, 1.165) is 12.1 Å². The molecular formula is C12H11F3N2O2. The van der Waals surface area contributed by atoms with Crippen molar-refractivity contribution < 1.29 is 23.1 Å². The molecule has 0 aliphatic rings. The predicted octanol–water partition coefficient (Wildman–Crippen LogP) is 2.75. The quantitative estimate of drug-likeness (QED) is 0.915. The molecule has 0 aliphatic carbocycles. The highest BCUT2D eigenvalue weighted by atomic mass is 19.4. The van der Waals surface area contributed by atoms with Crippen LogP contribution in [0.3, 0.4) is 0 Å². The number of hydrogen-bond acceptors (Lipinski definition) is 3.